The normalized spacial score (nSPS) is 23.1. The van der Waals surface area contributed by atoms with Gasteiger partial charge in [0.25, 0.3) is 0 Å². The fourth-order valence-electron chi connectivity index (χ4n) is 1.95. The average Bonchev–Trinajstić information content (AvgIpc) is 2.64. The molecule has 1 aliphatic rings. The average molecular weight is 250 g/mol. The SMILES string of the molecule is CC(C)NCCS(=O)(=O)N1CCCC1CO. The van der Waals surface area contributed by atoms with E-state index in [1.54, 1.807) is 0 Å². The van der Waals surface area contributed by atoms with E-state index in [-0.39, 0.29) is 18.4 Å². The van der Waals surface area contributed by atoms with Crippen LogP contribution in [0.15, 0.2) is 0 Å². The smallest absolute Gasteiger partial charge is 0.215 e. The van der Waals surface area contributed by atoms with Crippen molar-refractivity contribution in [3.8, 4) is 0 Å². The zero-order chi connectivity index (χ0) is 12.2. The highest BCUT2D eigenvalue weighted by Crippen LogP contribution is 2.20. The molecule has 0 spiro atoms. The standard InChI is InChI=1S/C10H22N2O3S/c1-9(2)11-5-7-16(14,15)12-6-3-4-10(12)8-13/h9-11,13H,3-8H2,1-2H3. The Morgan fingerprint density at radius 3 is 2.75 bits per heavy atom. The molecule has 0 aromatic rings. The molecule has 96 valence electrons. The molecule has 0 saturated carbocycles. The van der Waals surface area contributed by atoms with Gasteiger partial charge >= 0.3 is 0 Å². The van der Waals surface area contributed by atoms with Crippen molar-refractivity contribution in [3.63, 3.8) is 0 Å². The van der Waals surface area contributed by atoms with E-state index >= 15 is 0 Å². The summed E-state index contributed by atoms with van der Waals surface area (Å²) < 4.78 is 25.4. The third-order valence-electron chi connectivity index (χ3n) is 2.80. The van der Waals surface area contributed by atoms with Gasteiger partial charge in [-0.2, -0.15) is 4.31 Å². The molecule has 0 bridgehead atoms. The molecule has 0 aliphatic carbocycles. The van der Waals surface area contributed by atoms with Gasteiger partial charge in [0.15, 0.2) is 0 Å². The maximum Gasteiger partial charge on any atom is 0.215 e. The molecule has 1 heterocycles. The van der Waals surface area contributed by atoms with Crippen molar-refractivity contribution in [1.82, 2.24) is 9.62 Å². The van der Waals surface area contributed by atoms with Gasteiger partial charge < -0.3 is 10.4 Å². The molecule has 0 amide bonds. The lowest BCUT2D eigenvalue weighted by Crippen LogP contribution is -2.41. The van der Waals surface area contributed by atoms with E-state index in [0.29, 0.717) is 19.1 Å². The highest BCUT2D eigenvalue weighted by Gasteiger charge is 2.33. The van der Waals surface area contributed by atoms with Gasteiger partial charge in [0.2, 0.25) is 10.0 Å². The zero-order valence-corrected chi connectivity index (χ0v) is 10.8. The van der Waals surface area contributed by atoms with E-state index in [0.717, 1.165) is 12.8 Å². The van der Waals surface area contributed by atoms with E-state index in [2.05, 4.69) is 5.32 Å². The van der Waals surface area contributed by atoms with Gasteiger partial charge in [-0.1, -0.05) is 13.8 Å². The number of aliphatic hydroxyl groups is 1. The fourth-order valence-corrected chi connectivity index (χ4v) is 3.60. The van der Waals surface area contributed by atoms with Crippen LogP contribution in [-0.4, -0.2) is 55.4 Å². The Bertz CT molecular complexity index is 303. The van der Waals surface area contributed by atoms with Crippen molar-refractivity contribution in [3.05, 3.63) is 0 Å². The molecule has 0 aromatic heterocycles. The van der Waals surface area contributed by atoms with Crippen molar-refractivity contribution < 1.29 is 13.5 Å². The molecule has 16 heavy (non-hydrogen) atoms. The summed E-state index contributed by atoms with van der Waals surface area (Å²) in [5, 5.41) is 12.2. The Morgan fingerprint density at radius 2 is 2.19 bits per heavy atom. The summed E-state index contributed by atoms with van der Waals surface area (Å²) in [6, 6.07) is 0.0893. The summed E-state index contributed by atoms with van der Waals surface area (Å²) in [6.07, 6.45) is 1.62. The molecule has 0 radical (unpaired) electrons. The minimum absolute atomic E-state index is 0.0726. The lowest BCUT2D eigenvalue weighted by atomic mass is 10.2. The third kappa shape index (κ3) is 3.69. The minimum Gasteiger partial charge on any atom is -0.395 e. The summed E-state index contributed by atoms with van der Waals surface area (Å²) in [5.41, 5.74) is 0. The number of hydrogen-bond acceptors (Lipinski definition) is 4. The van der Waals surface area contributed by atoms with Crippen LogP contribution in [0.1, 0.15) is 26.7 Å². The second kappa shape index (κ2) is 5.95. The topological polar surface area (TPSA) is 69.6 Å². The van der Waals surface area contributed by atoms with Crippen LogP contribution in [-0.2, 0) is 10.0 Å². The zero-order valence-electron chi connectivity index (χ0n) is 10.0. The highest BCUT2D eigenvalue weighted by molar-refractivity contribution is 7.89. The van der Waals surface area contributed by atoms with Gasteiger partial charge in [0.05, 0.1) is 12.4 Å². The van der Waals surface area contributed by atoms with Gasteiger partial charge in [-0.3, -0.25) is 0 Å². The van der Waals surface area contributed by atoms with Crippen LogP contribution >= 0.6 is 0 Å². The molecule has 1 aliphatic heterocycles. The molecule has 1 unspecified atom stereocenters. The predicted molar refractivity (Wildman–Crippen MR) is 63.7 cm³/mol. The summed E-state index contributed by atoms with van der Waals surface area (Å²) in [5.74, 6) is 0.113. The van der Waals surface area contributed by atoms with Crippen LogP contribution in [0.5, 0.6) is 0 Å². The highest BCUT2D eigenvalue weighted by atomic mass is 32.2. The molecule has 1 saturated heterocycles. The van der Waals surface area contributed by atoms with Crippen molar-refractivity contribution in [2.24, 2.45) is 0 Å². The lowest BCUT2D eigenvalue weighted by Gasteiger charge is -2.22. The molecule has 1 rings (SSSR count). The van der Waals surface area contributed by atoms with Crippen LogP contribution in [0.4, 0.5) is 0 Å². The van der Waals surface area contributed by atoms with Crippen LogP contribution in [0.2, 0.25) is 0 Å². The van der Waals surface area contributed by atoms with Crippen LogP contribution in [0, 0.1) is 0 Å². The summed E-state index contributed by atoms with van der Waals surface area (Å²) in [4.78, 5) is 0. The second-order valence-electron chi connectivity index (χ2n) is 4.51. The van der Waals surface area contributed by atoms with E-state index in [9.17, 15) is 8.42 Å². The van der Waals surface area contributed by atoms with E-state index in [4.69, 9.17) is 5.11 Å². The molecule has 5 nitrogen and oxygen atoms in total. The first-order valence-electron chi connectivity index (χ1n) is 5.81. The van der Waals surface area contributed by atoms with Crippen LogP contribution in [0.3, 0.4) is 0 Å². The maximum atomic E-state index is 12.0. The number of nitrogens with zero attached hydrogens (tertiary/aromatic N) is 1. The number of aliphatic hydroxyl groups excluding tert-OH is 1. The van der Waals surface area contributed by atoms with Gasteiger partial charge in [0.1, 0.15) is 0 Å². The molecule has 0 aromatic carbocycles. The van der Waals surface area contributed by atoms with Crippen molar-refractivity contribution in [2.45, 2.75) is 38.8 Å². The lowest BCUT2D eigenvalue weighted by molar-refractivity contribution is 0.213. The fraction of sp³-hybridized carbons (Fsp3) is 1.00. The first-order valence-corrected chi connectivity index (χ1v) is 7.42. The number of rotatable bonds is 6. The number of hydrogen-bond donors (Lipinski definition) is 2. The third-order valence-corrected chi connectivity index (χ3v) is 4.72. The van der Waals surface area contributed by atoms with E-state index < -0.39 is 10.0 Å². The monoisotopic (exact) mass is 250 g/mol. The summed E-state index contributed by atoms with van der Waals surface area (Å²) in [6.45, 7) is 4.92. The second-order valence-corrected chi connectivity index (χ2v) is 6.56. The quantitative estimate of drug-likeness (QED) is 0.683. The first-order chi connectivity index (χ1) is 7.47. The summed E-state index contributed by atoms with van der Waals surface area (Å²) >= 11 is 0. The van der Waals surface area contributed by atoms with Gasteiger partial charge in [-0.15, -0.1) is 0 Å². The number of sulfonamides is 1. The number of nitrogens with one attached hydrogen (secondary N) is 1. The molecular weight excluding hydrogens is 228 g/mol. The Kier molecular flexibility index (Phi) is 5.17. The maximum absolute atomic E-state index is 12.0. The van der Waals surface area contributed by atoms with E-state index in [1.165, 1.54) is 4.31 Å². The molecular formula is C10H22N2O3S. The van der Waals surface area contributed by atoms with Gasteiger partial charge in [-0.05, 0) is 12.8 Å². The van der Waals surface area contributed by atoms with Gasteiger partial charge in [0, 0.05) is 25.2 Å². The molecule has 6 heteroatoms. The largest absolute Gasteiger partial charge is 0.395 e. The Hall–Kier alpha value is -0.170. The summed E-state index contributed by atoms with van der Waals surface area (Å²) in [7, 11) is -3.21. The Balaban J connectivity index is 2.49. The van der Waals surface area contributed by atoms with Crippen molar-refractivity contribution in [2.75, 3.05) is 25.4 Å². The van der Waals surface area contributed by atoms with Crippen molar-refractivity contribution in [1.29, 1.82) is 0 Å². The molecule has 1 fully saturated rings. The molecule has 2 N–H and O–H groups in total. The molecule has 1 atom stereocenters. The predicted octanol–water partition coefficient (Wildman–Crippen LogP) is -0.229. The Labute approximate surface area is 97.9 Å². The van der Waals surface area contributed by atoms with Crippen LogP contribution in [0.25, 0.3) is 0 Å². The van der Waals surface area contributed by atoms with Gasteiger partial charge in [-0.25, -0.2) is 8.42 Å². The first kappa shape index (κ1) is 13.9. The minimum atomic E-state index is -3.21. The van der Waals surface area contributed by atoms with Crippen LogP contribution < -0.4 is 5.32 Å². The Morgan fingerprint density at radius 1 is 1.50 bits per heavy atom. The van der Waals surface area contributed by atoms with E-state index in [1.807, 2.05) is 13.8 Å². The van der Waals surface area contributed by atoms with Crippen molar-refractivity contribution >= 4 is 10.0 Å².